The Bertz CT molecular complexity index is 1020. The summed E-state index contributed by atoms with van der Waals surface area (Å²) in [5.41, 5.74) is 2.97. The Hall–Kier alpha value is -2.18. The van der Waals surface area contributed by atoms with E-state index in [0.717, 1.165) is 16.1 Å². The second-order valence-corrected chi connectivity index (χ2v) is 6.34. The van der Waals surface area contributed by atoms with Crippen molar-refractivity contribution in [1.82, 2.24) is 20.2 Å². The van der Waals surface area contributed by atoms with E-state index >= 15 is 0 Å². The quantitative estimate of drug-likeness (QED) is 0.552. The number of halogens is 2. The number of hydrogen-bond acceptors (Lipinski definition) is 4. The molecule has 0 spiro atoms. The van der Waals surface area contributed by atoms with Gasteiger partial charge in [0.15, 0.2) is 5.65 Å². The predicted molar refractivity (Wildman–Crippen MR) is 90.2 cm³/mol. The van der Waals surface area contributed by atoms with Crippen LogP contribution in [0.5, 0.6) is 0 Å². The largest absolute Gasteiger partial charge is 0.338 e. The minimum absolute atomic E-state index is 0.308. The maximum absolute atomic E-state index is 13.4. The fraction of sp³-hybridized carbons (Fsp3) is 0.0625. The number of thioether (sulfide) groups is 1. The lowest BCUT2D eigenvalue weighted by molar-refractivity contribution is 0.630. The molecular weight excluding hydrogens is 335 g/mol. The third kappa shape index (κ3) is 2.75. The van der Waals surface area contributed by atoms with Crippen LogP contribution >= 0.6 is 23.4 Å². The van der Waals surface area contributed by atoms with E-state index in [4.69, 9.17) is 11.6 Å². The summed E-state index contributed by atoms with van der Waals surface area (Å²) in [5, 5.41) is 10.2. The summed E-state index contributed by atoms with van der Waals surface area (Å²) in [5.74, 6) is 0.346. The summed E-state index contributed by atoms with van der Waals surface area (Å²) >= 11 is 7.59. The van der Waals surface area contributed by atoms with Crippen LogP contribution in [-0.4, -0.2) is 20.2 Å². The van der Waals surface area contributed by atoms with Crippen molar-refractivity contribution in [1.29, 1.82) is 0 Å². The highest BCUT2D eigenvalue weighted by Gasteiger charge is 2.10. The van der Waals surface area contributed by atoms with Crippen LogP contribution in [0.3, 0.4) is 0 Å². The minimum Gasteiger partial charge on any atom is -0.338 e. The number of benzene rings is 2. The topological polar surface area (TPSA) is 54.5 Å². The van der Waals surface area contributed by atoms with E-state index in [1.807, 2.05) is 24.3 Å². The average molecular weight is 345 g/mol. The molecule has 2 aromatic heterocycles. The molecule has 4 aromatic rings. The number of nitrogens with zero attached hydrogens (tertiary/aromatic N) is 3. The molecule has 4 nitrogen and oxygen atoms in total. The van der Waals surface area contributed by atoms with Crippen LogP contribution < -0.4 is 0 Å². The van der Waals surface area contributed by atoms with Crippen molar-refractivity contribution in [3.05, 3.63) is 58.9 Å². The van der Waals surface area contributed by atoms with Gasteiger partial charge in [0.2, 0.25) is 5.16 Å². The van der Waals surface area contributed by atoms with Crippen LogP contribution in [0.4, 0.5) is 4.39 Å². The highest BCUT2D eigenvalue weighted by atomic mass is 35.5. The van der Waals surface area contributed by atoms with Crippen LogP contribution in [0.15, 0.2) is 47.6 Å². The van der Waals surface area contributed by atoms with Gasteiger partial charge in [0.05, 0.1) is 0 Å². The molecule has 0 fully saturated rings. The lowest BCUT2D eigenvalue weighted by atomic mass is 10.2. The first kappa shape index (κ1) is 14.4. The van der Waals surface area contributed by atoms with Crippen LogP contribution in [0.25, 0.3) is 22.1 Å². The van der Waals surface area contributed by atoms with E-state index in [-0.39, 0.29) is 5.82 Å². The number of aromatic nitrogens is 4. The van der Waals surface area contributed by atoms with Gasteiger partial charge in [-0.05, 0) is 29.8 Å². The summed E-state index contributed by atoms with van der Waals surface area (Å²) in [7, 11) is 0. The zero-order chi connectivity index (χ0) is 15.8. The second kappa shape index (κ2) is 5.79. The van der Waals surface area contributed by atoms with E-state index in [1.54, 1.807) is 6.07 Å². The molecule has 0 bridgehead atoms. The summed E-state index contributed by atoms with van der Waals surface area (Å²) in [6.45, 7) is 0. The zero-order valence-corrected chi connectivity index (χ0v) is 13.3. The Labute approximate surface area is 140 Å². The van der Waals surface area contributed by atoms with Crippen molar-refractivity contribution in [2.75, 3.05) is 0 Å². The maximum Gasteiger partial charge on any atom is 0.211 e. The molecule has 4 rings (SSSR count). The molecule has 0 aliphatic rings. The van der Waals surface area contributed by atoms with Gasteiger partial charge in [0.25, 0.3) is 0 Å². The Morgan fingerprint density at radius 2 is 2.00 bits per heavy atom. The summed E-state index contributed by atoms with van der Waals surface area (Å²) in [6.07, 6.45) is 0. The molecule has 0 radical (unpaired) electrons. The number of rotatable bonds is 3. The monoisotopic (exact) mass is 344 g/mol. The summed E-state index contributed by atoms with van der Waals surface area (Å²) < 4.78 is 13.4. The number of nitrogens with one attached hydrogen (secondary N) is 1. The first-order valence-electron chi connectivity index (χ1n) is 6.88. The molecule has 0 aliphatic carbocycles. The molecule has 2 heterocycles. The highest BCUT2D eigenvalue weighted by Crippen LogP contribution is 2.27. The van der Waals surface area contributed by atoms with E-state index in [1.165, 1.54) is 23.9 Å². The third-order valence-corrected chi connectivity index (χ3v) is 4.73. The van der Waals surface area contributed by atoms with Crippen molar-refractivity contribution < 1.29 is 4.39 Å². The summed E-state index contributed by atoms with van der Waals surface area (Å²) in [6, 6.07) is 12.2. The fourth-order valence-corrected chi connectivity index (χ4v) is 3.42. The van der Waals surface area contributed by atoms with Gasteiger partial charge in [-0.3, -0.25) is 0 Å². The first-order valence-corrected chi connectivity index (χ1v) is 8.25. The van der Waals surface area contributed by atoms with Crippen molar-refractivity contribution >= 4 is 45.4 Å². The van der Waals surface area contributed by atoms with Gasteiger partial charge in [-0.25, -0.2) is 9.37 Å². The third-order valence-electron chi connectivity index (χ3n) is 3.47. The molecule has 7 heteroatoms. The smallest absolute Gasteiger partial charge is 0.211 e. The molecule has 2 aromatic carbocycles. The molecule has 0 amide bonds. The fourth-order valence-electron chi connectivity index (χ4n) is 2.35. The molecule has 0 saturated carbocycles. The van der Waals surface area contributed by atoms with Crippen LogP contribution in [-0.2, 0) is 5.75 Å². The van der Waals surface area contributed by atoms with Gasteiger partial charge in [-0.15, -0.1) is 10.2 Å². The zero-order valence-electron chi connectivity index (χ0n) is 11.8. The van der Waals surface area contributed by atoms with Gasteiger partial charge < -0.3 is 4.98 Å². The minimum atomic E-state index is -0.308. The van der Waals surface area contributed by atoms with Crippen LogP contribution in [0.2, 0.25) is 5.02 Å². The Morgan fingerprint density at radius 3 is 2.87 bits per heavy atom. The Balaban J connectivity index is 1.66. The normalized spacial score (nSPS) is 11.4. The van der Waals surface area contributed by atoms with E-state index in [9.17, 15) is 4.39 Å². The summed E-state index contributed by atoms with van der Waals surface area (Å²) in [4.78, 5) is 7.59. The molecule has 1 N–H and O–H groups in total. The molecule has 0 atom stereocenters. The van der Waals surface area contributed by atoms with Crippen LogP contribution in [0, 0.1) is 5.82 Å². The lowest BCUT2D eigenvalue weighted by Gasteiger charge is -2.02. The van der Waals surface area contributed by atoms with E-state index in [2.05, 4.69) is 20.2 Å². The number of fused-ring (bicyclic) bond motifs is 3. The van der Waals surface area contributed by atoms with Crippen molar-refractivity contribution in [2.24, 2.45) is 0 Å². The molecular formula is C16H10ClFN4S. The molecule has 23 heavy (non-hydrogen) atoms. The van der Waals surface area contributed by atoms with Crippen molar-refractivity contribution in [2.45, 2.75) is 10.9 Å². The average Bonchev–Trinajstić information content (AvgIpc) is 2.91. The maximum atomic E-state index is 13.4. The molecule has 0 aliphatic heterocycles. The Morgan fingerprint density at radius 1 is 1.13 bits per heavy atom. The molecule has 0 unspecified atom stereocenters. The van der Waals surface area contributed by atoms with Gasteiger partial charge in [-0.1, -0.05) is 41.6 Å². The number of H-pyrrole nitrogens is 1. The number of hydrogen-bond donors (Lipinski definition) is 1. The van der Waals surface area contributed by atoms with Gasteiger partial charge in [0, 0.05) is 21.7 Å². The highest BCUT2D eigenvalue weighted by molar-refractivity contribution is 7.98. The second-order valence-electron chi connectivity index (χ2n) is 4.99. The lowest BCUT2D eigenvalue weighted by Crippen LogP contribution is -1.92. The van der Waals surface area contributed by atoms with E-state index in [0.29, 0.717) is 27.5 Å². The van der Waals surface area contributed by atoms with Gasteiger partial charge >= 0.3 is 0 Å². The van der Waals surface area contributed by atoms with Gasteiger partial charge in [-0.2, -0.15) is 0 Å². The standard InChI is InChI=1S/C16H10ClFN4S/c17-12-4-2-1-3-9(12)8-23-16-20-15-14(21-22-16)11-7-10(18)5-6-13(11)19-15/h1-7H,8H2,(H,19,20,22). The SMILES string of the molecule is Fc1ccc2[nH]c3nc(SCc4ccccc4Cl)nnc3c2c1. The molecule has 0 saturated heterocycles. The van der Waals surface area contributed by atoms with Crippen molar-refractivity contribution in [3.8, 4) is 0 Å². The first-order chi connectivity index (χ1) is 11.2. The Kier molecular flexibility index (Phi) is 3.63. The predicted octanol–water partition coefficient (Wildman–Crippen LogP) is 4.59. The molecule has 114 valence electrons. The van der Waals surface area contributed by atoms with Gasteiger partial charge in [0.1, 0.15) is 11.3 Å². The van der Waals surface area contributed by atoms with E-state index < -0.39 is 0 Å². The number of aromatic amines is 1. The van der Waals surface area contributed by atoms with Crippen LogP contribution in [0.1, 0.15) is 5.56 Å². The van der Waals surface area contributed by atoms with Crippen molar-refractivity contribution in [3.63, 3.8) is 0 Å².